The molecule has 0 radical (unpaired) electrons. The lowest BCUT2D eigenvalue weighted by Gasteiger charge is -2.31. The summed E-state index contributed by atoms with van der Waals surface area (Å²) in [6.07, 6.45) is -2.66. The van der Waals surface area contributed by atoms with Crippen LogP contribution in [0.5, 0.6) is 0 Å². The first-order valence-electron chi connectivity index (χ1n) is 9.42. The summed E-state index contributed by atoms with van der Waals surface area (Å²) in [5.74, 6) is 0. The second kappa shape index (κ2) is 7.12. The molecule has 0 saturated carbocycles. The van der Waals surface area contributed by atoms with Crippen LogP contribution in [-0.2, 0) is 25.6 Å². The molecule has 0 spiro atoms. The monoisotopic (exact) mass is 406 g/mol. The van der Waals surface area contributed by atoms with Crippen molar-refractivity contribution in [3.05, 3.63) is 69.9 Å². The summed E-state index contributed by atoms with van der Waals surface area (Å²) in [5.41, 5.74) is 4.07. The van der Waals surface area contributed by atoms with Crippen molar-refractivity contribution in [2.45, 2.75) is 38.5 Å². The lowest BCUT2D eigenvalue weighted by Crippen LogP contribution is -2.31. The van der Waals surface area contributed by atoms with Crippen molar-refractivity contribution in [1.82, 2.24) is 9.47 Å². The maximum Gasteiger partial charge on any atom is 0.416 e. The van der Waals surface area contributed by atoms with E-state index >= 15 is 0 Å². The van der Waals surface area contributed by atoms with Gasteiger partial charge < -0.3 is 4.57 Å². The smallest absolute Gasteiger partial charge is 0.344 e. The molecule has 2 heterocycles. The molecular formula is C22H22ClF3N2. The largest absolute Gasteiger partial charge is 0.416 e. The minimum atomic E-state index is -4.30. The average molecular weight is 407 g/mol. The minimum absolute atomic E-state index is 0.303. The van der Waals surface area contributed by atoms with Crippen LogP contribution < -0.4 is 0 Å². The van der Waals surface area contributed by atoms with Crippen LogP contribution in [0.2, 0.25) is 5.02 Å². The van der Waals surface area contributed by atoms with Crippen LogP contribution in [-0.4, -0.2) is 23.1 Å². The van der Waals surface area contributed by atoms with E-state index in [4.69, 9.17) is 11.6 Å². The molecule has 1 atom stereocenters. The molecule has 1 unspecified atom stereocenters. The van der Waals surface area contributed by atoms with Gasteiger partial charge in [-0.15, -0.1) is 0 Å². The zero-order valence-corrected chi connectivity index (χ0v) is 16.6. The van der Waals surface area contributed by atoms with Crippen molar-refractivity contribution < 1.29 is 13.2 Å². The number of aromatic nitrogens is 1. The van der Waals surface area contributed by atoms with Gasteiger partial charge in [-0.3, -0.25) is 4.90 Å². The molecule has 28 heavy (non-hydrogen) atoms. The summed E-state index contributed by atoms with van der Waals surface area (Å²) in [6, 6.07) is 11.8. The predicted molar refractivity (Wildman–Crippen MR) is 107 cm³/mol. The van der Waals surface area contributed by atoms with Gasteiger partial charge >= 0.3 is 6.18 Å². The average Bonchev–Trinajstić information content (AvgIpc) is 2.96. The zero-order valence-electron chi connectivity index (χ0n) is 15.9. The minimum Gasteiger partial charge on any atom is -0.344 e. The molecule has 1 aliphatic rings. The van der Waals surface area contributed by atoms with Gasteiger partial charge in [0.05, 0.1) is 5.56 Å². The Bertz CT molecular complexity index is 1010. The maximum atomic E-state index is 12.8. The molecule has 0 bridgehead atoms. The normalized spacial score (nSPS) is 17.9. The number of nitrogens with zero attached hydrogens (tertiary/aromatic N) is 2. The molecule has 1 aliphatic heterocycles. The highest BCUT2D eigenvalue weighted by Gasteiger charge is 2.30. The van der Waals surface area contributed by atoms with Crippen LogP contribution in [0.1, 0.15) is 35.3 Å². The van der Waals surface area contributed by atoms with E-state index in [2.05, 4.69) is 29.5 Å². The highest BCUT2D eigenvalue weighted by Crippen LogP contribution is 2.38. The Kier molecular flexibility index (Phi) is 4.92. The Balaban J connectivity index is 1.68. The molecule has 3 aromatic rings. The van der Waals surface area contributed by atoms with Crippen LogP contribution in [0.25, 0.3) is 10.9 Å². The Morgan fingerprint density at radius 1 is 1.11 bits per heavy atom. The van der Waals surface area contributed by atoms with E-state index in [1.807, 2.05) is 12.1 Å². The molecule has 0 aliphatic carbocycles. The Labute approximate surface area is 167 Å². The van der Waals surface area contributed by atoms with E-state index in [9.17, 15) is 13.2 Å². The summed E-state index contributed by atoms with van der Waals surface area (Å²) in [5, 5.41) is 1.89. The van der Waals surface area contributed by atoms with Crippen molar-refractivity contribution in [2.75, 3.05) is 13.6 Å². The second-order valence-electron chi connectivity index (χ2n) is 7.52. The number of benzene rings is 2. The molecule has 1 aromatic heterocycles. The lowest BCUT2D eigenvalue weighted by atomic mass is 9.97. The number of aryl methyl sites for hydroxylation is 2. The van der Waals surface area contributed by atoms with Crippen molar-refractivity contribution >= 4 is 22.5 Å². The first-order valence-corrected chi connectivity index (χ1v) is 9.80. The third kappa shape index (κ3) is 3.42. The summed E-state index contributed by atoms with van der Waals surface area (Å²) in [4.78, 5) is 2.34. The number of fused-ring (bicyclic) bond motifs is 3. The van der Waals surface area contributed by atoms with Crippen molar-refractivity contribution in [3.63, 3.8) is 0 Å². The predicted octanol–water partition coefficient (Wildman–Crippen LogP) is 6.11. The van der Waals surface area contributed by atoms with E-state index in [-0.39, 0.29) is 0 Å². The molecule has 2 nitrogen and oxygen atoms in total. The van der Waals surface area contributed by atoms with Gasteiger partial charge in [-0.25, -0.2) is 0 Å². The fourth-order valence-corrected chi connectivity index (χ4v) is 4.37. The van der Waals surface area contributed by atoms with Gasteiger partial charge in [-0.1, -0.05) is 23.7 Å². The number of hydrogen-bond donors (Lipinski definition) is 0. The Hall–Kier alpha value is -1.98. The summed E-state index contributed by atoms with van der Waals surface area (Å²) >= 11 is 6.26. The third-order valence-electron chi connectivity index (χ3n) is 5.86. The number of rotatable bonds is 3. The maximum absolute atomic E-state index is 12.8. The molecule has 0 fully saturated rings. The molecule has 0 saturated heterocycles. The molecule has 4 rings (SSSR count). The van der Waals surface area contributed by atoms with Crippen LogP contribution in [0.15, 0.2) is 42.5 Å². The zero-order chi connectivity index (χ0) is 20.1. The molecule has 0 N–H and O–H groups in total. The molecular weight excluding hydrogens is 385 g/mol. The highest BCUT2D eigenvalue weighted by molar-refractivity contribution is 6.31. The lowest BCUT2D eigenvalue weighted by molar-refractivity contribution is -0.137. The standard InChI is InChI=1S/C22H22ClF3N2/c1-14-21-18-13-17(23)7-8-19(18)28(20(21)10-11-27(14)2)12-9-15-3-5-16(6-4-15)22(24,25)26/h3-8,13-14H,9-12H2,1-2H3. The summed E-state index contributed by atoms with van der Waals surface area (Å²) in [6.45, 7) is 3.92. The van der Waals surface area contributed by atoms with E-state index < -0.39 is 11.7 Å². The van der Waals surface area contributed by atoms with E-state index in [0.29, 0.717) is 12.5 Å². The van der Waals surface area contributed by atoms with E-state index in [1.165, 1.54) is 16.6 Å². The van der Waals surface area contributed by atoms with Crippen LogP contribution in [0.3, 0.4) is 0 Å². The summed E-state index contributed by atoms with van der Waals surface area (Å²) < 4.78 is 40.6. The Morgan fingerprint density at radius 2 is 1.82 bits per heavy atom. The van der Waals surface area contributed by atoms with Crippen molar-refractivity contribution in [1.29, 1.82) is 0 Å². The van der Waals surface area contributed by atoms with Crippen molar-refractivity contribution in [3.8, 4) is 0 Å². The van der Waals surface area contributed by atoms with Crippen molar-refractivity contribution in [2.24, 2.45) is 0 Å². The Morgan fingerprint density at radius 3 is 2.50 bits per heavy atom. The SMILES string of the molecule is CC1c2c(n(CCc3ccc(C(F)(F)F)cc3)c3ccc(Cl)cc23)CCN1C. The van der Waals surface area contributed by atoms with Gasteiger partial charge in [0, 0.05) is 47.2 Å². The fourth-order valence-electron chi connectivity index (χ4n) is 4.19. The van der Waals surface area contributed by atoms with Gasteiger partial charge in [-0.05, 0) is 61.9 Å². The fraction of sp³-hybridized carbons (Fsp3) is 0.364. The molecule has 148 valence electrons. The van der Waals surface area contributed by atoms with Gasteiger partial charge in [0.15, 0.2) is 0 Å². The second-order valence-corrected chi connectivity index (χ2v) is 7.96. The third-order valence-corrected chi connectivity index (χ3v) is 6.10. The summed E-state index contributed by atoms with van der Waals surface area (Å²) in [7, 11) is 2.13. The number of halogens is 4. The van der Waals surface area contributed by atoms with E-state index in [0.717, 1.165) is 47.7 Å². The number of hydrogen-bond acceptors (Lipinski definition) is 1. The van der Waals surface area contributed by atoms with Crippen LogP contribution in [0.4, 0.5) is 13.2 Å². The van der Waals surface area contributed by atoms with Gasteiger partial charge in [0.2, 0.25) is 0 Å². The first kappa shape index (κ1) is 19.3. The van der Waals surface area contributed by atoms with Gasteiger partial charge in [-0.2, -0.15) is 13.2 Å². The van der Waals surface area contributed by atoms with E-state index in [1.54, 1.807) is 12.1 Å². The van der Waals surface area contributed by atoms with Gasteiger partial charge in [0.25, 0.3) is 0 Å². The first-order chi connectivity index (χ1) is 13.3. The highest BCUT2D eigenvalue weighted by atomic mass is 35.5. The van der Waals surface area contributed by atoms with Gasteiger partial charge in [0.1, 0.15) is 0 Å². The quantitative estimate of drug-likeness (QED) is 0.509. The number of alkyl halides is 3. The van der Waals surface area contributed by atoms with Crippen LogP contribution in [0, 0.1) is 0 Å². The molecule has 6 heteroatoms. The van der Waals surface area contributed by atoms with Crippen LogP contribution >= 0.6 is 11.6 Å². The number of likely N-dealkylation sites (N-methyl/N-ethyl adjacent to an activating group) is 1. The molecule has 2 aromatic carbocycles. The molecule has 0 amide bonds. The topological polar surface area (TPSA) is 8.17 Å².